The van der Waals surface area contributed by atoms with Crippen LogP contribution >= 0.6 is 9.39 Å². The maximum Gasteiger partial charge on any atom is 0.0237 e. The van der Waals surface area contributed by atoms with Crippen molar-refractivity contribution in [2.24, 2.45) is 0 Å². The van der Waals surface area contributed by atoms with Crippen LogP contribution in [-0.4, -0.2) is 0 Å². The van der Waals surface area contributed by atoms with Crippen LogP contribution in [0.4, 0.5) is 0 Å². The molecule has 12 heavy (non-hydrogen) atoms. The summed E-state index contributed by atoms with van der Waals surface area (Å²) in [6, 6.07) is 8.51. The lowest BCUT2D eigenvalue weighted by molar-refractivity contribution is 0.977. The van der Waals surface area contributed by atoms with Gasteiger partial charge in [-0.2, -0.15) is 0 Å². The van der Waals surface area contributed by atoms with Crippen LogP contribution in [0.2, 0.25) is 0 Å². The van der Waals surface area contributed by atoms with E-state index in [0.717, 1.165) is 6.54 Å². The number of hydrogen-bond donors (Lipinski definition) is 1. The van der Waals surface area contributed by atoms with E-state index in [-0.39, 0.29) is 0 Å². The van der Waals surface area contributed by atoms with Gasteiger partial charge in [-0.25, -0.2) is 0 Å². The molecule has 2 heteroatoms. The van der Waals surface area contributed by atoms with Gasteiger partial charge in [0, 0.05) is 6.54 Å². The Labute approximate surface area is 77.8 Å². The number of aryl methyl sites for hydroxylation is 1. The van der Waals surface area contributed by atoms with E-state index in [2.05, 4.69) is 45.7 Å². The van der Waals surface area contributed by atoms with Crippen molar-refractivity contribution in [2.75, 3.05) is 0 Å². The topological polar surface area (TPSA) is 12.0 Å². The van der Waals surface area contributed by atoms with E-state index in [1.807, 2.05) is 13.8 Å². The zero-order valence-corrected chi connectivity index (χ0v) is 9.25. The zero-order chi connectivity index (χ0) is 9.40. The summed E-state index contributed by atoms with van der Waals surface area (Å²) in [5.41, 5.74) is 2.63. The molecule has 1 atom stereocenters. The SMILES string of the molecule is CC.Cc1ccc(CNP)cc1. The Balaban J connectivity index is 0.000000561. The molecule has 1 aromatic carbocycles. The minimum Gasteiger partial charge on any atom is -0.296 e. The molecular weight excluding hydrogens is 165 g/mol. The molecule has 1 unspecified atom stereocenters. The first-order valence-electron chi connectivity index (χ1n) is 4.32. The lowest BCUT2D eigenvalue weighted by Gasteiger charge is -1.98. The highest BCUT2D eigenvalue weighted by Crippen LogP contribution is 2.02. The van der Waals surface area contributed by atoms with Crippen LogP contribution in [0, 0.1) is 6.92 Å². The fourth-order valence-corrected chi connectivity index (χ4v) is 1.06. The summed E-state index contributed by atoms with van der Waals surface area (Å²) < 4.78 is 0. The first-order valence-corrected chi connectivity index (χ1v) is 4.89. The van der Waals surface area contributed by atoms with E-state index in [4.69, 9.17) is 0 Å². The molecule has 0 aromatic heterocycles. The maximum absolute atomic E-state index is 3.02. The van der Waals surface area contributed by atoms with Crippen molar-refractivity contribution in [2.45, 2.75) is 27.3 Å². The molecule has 0 heterocycles. The van der Waals surface area contributed by atoms with Gasteiger partial charge in [-0.05, 0) is 12.5 Å². The van der Waals surface area contributed by atoms with Gasteiger partial charge in [-0.1, -0.05) is 53.1 Å². The summed E-state index contributed by atoms with van der Waals surface area (Å²) in [6.45, 7) is 7.02. The van der Waals surface area contributed by atoms with Gasteiger partial charge in [0.1, 0.15) is 0 Å². The monoisotopic (exact) mass is 183 g/mol. The molecule has 0 fully saturated rings. The molecule has 0 amide bonds. The molecule has 0 aliphatic heterocycles. The van der Waals surface area contributed by atoms with Gasteiger partial charge >= 0.3 is 0 Å². The Kier molecular flexibility index (Phi) is 7.03. The molecule has 1 nitrogen and oxygen atoms in total. The summed E-state index contributed by atoms with van der Waals surface area (Å²) in [5, 5.41) is 3.02. The molecule has 0 saturated heterocycles. The predicted octanol–water partition coefficient (Wildman–Crippen LogP) is 2.90. The van der Waals surface area contributed by atoms with Crippen LogP contribution in [0.3, 0.4) is 0 Å². The Morgan fingerprint density at radius 3 is 2.08 bits per heavy atom. The van der Waals surface area contributed by atoms with Crippen LogP contribution in [0.1, 0.15) is 25.0 Å². The van der Waals surface area contributed by atoms with Crippen molar-refractivity contribution in [3.8, 4) is 0 Å². The molecule has 0 aliphatic carbocycles. The molecule has 1 aromatic rings. The van der Waals surface area contributed by atoms with Gasteiger partial charge < -0.3 is 0 Å². The molecule has 0 bridgehead atoms. The van der Waals surface area contributed by atoms with Crippen molar-refractivity contribution in [1.82, 2.24) is 5.09 Å². The molecule has 68 valence electrons. The Morgan fingerprint density at radius 2 is 1.67 bits per heavy atom. The maximum atomic E-state index is 3.02. The summed E-state index contributed by atoms with van der Waals surface area (Å²) in [6.07, 6.45) is 0. The highest BCUT2D eigenvalue weighted by atomic mass is 31.0. The standard InChI is InChI=1S/C8H12NP.C2H6/c1-7-2-4-8(5-3-7)6-9-10;1-2/h2-5,9H,6,10H2,1H3;1-2H3. The molecule has 1 rings (SSSR count). The van der Waals surface area contributed by atoms with Gasteiger partial charge in [0.25, 0.3) is 0 Å². The molecule has 0 radical (unpaired) electrons. The van der Waals surface area contributed by atoms with E-state index >= 15 is 0 Å². The summed E-state index contributed by atoms with van der Waals surface area (Å²) in [5.74, 6) is 0. The van der Waals surface area contributed by atoms with Crippen LogP contribution in [0.5, 0.6) is 0 Å². The van der Waals surface area contributed by atoms with Gasteiger partial charge in [-0.3, -0.25) is 5.09 Å². The number of hydrogen-bond acceptors (Lipinski definition) is 1. The van der Waals surface area contributed by atoms with E-state index in [1.54, 1.807) is 0 Å². The second kappa shape index (κ2) is 7.27. The third-order valence-electron chi connectivity index (χ3n) is 1.43. The predicted molar refractivity (Wildman–Crippen MR) is 59.1 cm³/mol. The van der Waals surface area contributed by atoms with Crippen molar-refractivity contribution >= 4 is 9.39 Å². The smallest absolute Gasteiger partial charge is 0.0237 e. The van der Waals surface area contributed by atoms with E-state index in [0.29, 0.717) is 0 Å². The largest absolute Gasteiger partial charge is 0.296 e. The van der Waals surface area contributed by atoms with Crippen molar-refractivity contribution < 1.29 is 0 Å². The average molecular weight is 183 g/mol. The summed E-state index contributed by atoms with van der Waals surface area (Å²) >= 11 is 0. The Hall–Kier alpha value is -0.390. The first kappa shape index (κ1) is 11.6. The van der Waals surface area contributed by atoms with E-state index in [1.165, 1.54) is 11.1 Å². The quantitative estimate of drug-likeness (QED) is 0.695. The lowest BCUT2D eigenvalue weighted by Crippen LogP contribution is -1.96. The van der Waals surface area contributed by atoms with E-state index in [9.17, 15) is 0 Å². The molecule has 1 N–H and O–H groups in total. The first-order chi connectivity index (χ1) is 5.83. The summed E-state index contributed by atoms with van der Waals surface area (Å²) in [7, 11) is 2.49. The van der Waals surface area contributed by atoms with Gasteiger partial charge in [0.15, 0.2) is 0 Å². The van der Waals surface area contributed by atoms with Gasteiger partial charge in [0.2, 0.25) is 0 Å². The molecule has 0 spiro atoms. The normalized spacial score (nSPS) is 8.67. The van der Waals surface area contributed by atoms with Gasteiger partial charge in [-0.15, -0.1) is 0 Å². The number of rotatable bonds is 2. The summed E-state index contributed by atoms with van der Waals surface area (Å²) in [4.78, 5) is 0. The minimum absolute atomic E-state index is 0.922. The van der Waals surface area contributed by atoms with Crippen molar-refractivity contribution in [1.29, 1.82) is 0 Å². The minimum atomic E-state index is 0.922. The second-order valence-electron chi connectivity index (χ2n) is 2.37. The lowest BCUT2D eigenvalue weighted by atomic mass is 10.2. The van der Waals surface area contributed by atoms with Crippen LogP contribution in [0.25, 0.3) is 0 Å². The highest BCUT2D eigenvalue weighted by molar-refractivity contribution is 7.13. The van der Waals surface area contributed by atoms with E-state index < -0.39 is 0 Å². The van der Waals surface area contributed by atoms with Crippen molar-refractivity contribution in [3.63, 3.8) is 0 Å². The third kappa shape index (κ3) is 4.48. The third-order valence-corrected chi connectivity index (χ3v) is 1.63. The fraction of sp³-hybridized carbons (Fsp3) is 0.400. The Morgan fingerprint density at radius 1 is 1.17 bits per heavy atom. The van der Waals surface area contributed by atoms with Crippen LogP contribution in [0.15, 0.2) is 24.3 Å². The highest BCUT2D eigenvalue weighted by Gasteiger charge is 1.87. The number of benzene rings is 1. The molecular formula is C10H18NP. The zero-order valence-electron chi connectivity index (χ0n) is 8.09. The number of nitrogens with one attached hydrogen (secondary N) is 1. The molecule has 0 aliphatic rings. The van der Waals surface area contributed by atoms with Gasteiger partial charge in [0.05, 0.1) is 0 Å². The van der Waals surface area contributed by atoms with Crippen LogP contribution < -0.4 is 5.09 Å². The van der Waals surface area contributed by atoms with Crippen molar-refractivity contribution in [3.05, 3.63) is 35.4 Å². The second-order valence-corrected chi connectivity index (χ2v) is 2.77. The van der Waals surface area contributed by atoms with Crippen LogP contribution in [-0.2, 0) is 6.54 Å². The molecule has 0 saturated carbocycles. The Bertz CT molecular complexity index is 193. The fourth-order valence-electron chi connectivity index (χ4n) is 0.824. The average Bonchev–Trinajstić information content (AvgIpc) is 2.13.